The van der Waals surface area contributed by atoms with Crippen LogP contribution < -0.4 is 0 Å². The van der Waals surface area contributed by atoms with Crippen molar-refractivity contribution in [3.05, 3.63) is 48.7 Å². The molecule has 0 N–H and O–H groups in total. The predicted molar refractivity (Wildman–Crippen MR) is 56.2 cm³/mol. The molecule has 2 heteroatoms. The van der Waals surface area contributed by atoms with Gasteiger partial charge in [-0.15, -0.1) is 0 Å². The lowest BCUT2D eigenvalue weighted by atomic mass is 10.1. The molecule has 1 heterocycles. The highest BCUT2D eigenvalue weighted by Crippen LogP contribution is 2.30. The number of benzene rings is 1. The van der Waals surface area contributed by atoms with E-state index in [1.54, 1.807) is 6.20 Å². The van der Waals surface area contributed by atoms with E-state index >= 15 is 0 Å². The zero-order valence-electron chi connectivity index (χ0n) is 7.51. The highest BCUT2D eigenvalue weighted by atomic mass is 15.1. The smallest absolute Gasteiger partial charge is 0.0941 e. The van der Waals surface area contributed by atoms with E-state index in [-0.39, 0.29) is 0 Å². The highest BCUT2D eigenvalue weighted by Gasteiger charge is 2.08. The first-order valence-electron chi connectivity index (χ1n) is 4.54. The predicted octanol–water partition coefficient (Wildman–Crippen LogP) is 2.73. The van der Waals surface area contributed by atoms with E-state index < -0.39 is 0 Å². The molecular weight excluding hydrogens is 172 g/mol. The number of hydrogen-bond acceptors (Lipinski definition) is 2. The number of nitrogens with zero attached hydrogens (tertiary/aromatic N) is 2. The van der Waals surface area contributed by atoms with Gasteiger partial charge in [-0.05, 0) is 22.9 Å². The third-order valence-electron chi connectivity index (χ3n) is 2.40. The Morgan fingerprint density at radius 3 is 2.86 bits per heavy atom. The van der Waals surface area contributed by atoms with Crippen LogP contribution in [0.25, 0.3) is 22.0 Å². The van der Waals surface area contributed by atoms with Crippen molar-refractivity contribution in [2.45, 2.75) is 0 Å². The van der Waals surface area contributed by atoms with Crippen molar-refractivity contribution in [3.63, 3.8) is 0 Å². The van der Waals surface area contributed by atoms with Gasteiger partial charge < -0.3 is 0 Å². The largest absolute Gasteiger partial charge is 0.159 e. The fourth-order valence-corrected chi connectivity index (χ4v) is 1.76. The Hall–Kier alpha value is -1.96. The van der Waals surface area contributed by atoms with Crippen molar-refractivity contribution >= 4 is 10.8 Å². The van der Waals surface area contributed by atoms with Crippen molar-refractivity contribution in [1.82, 2.24) is 10.2 Å². The SMILES string of the molecule is c1cnnc2cc3ccccc3c-2c1. The van der Waals surface area contributed by atoms with Crippen LogP contribution in [0.2, 0.25) is 0 Å². The molecule has 2 aliphatic rings. The van der Waals surface area contributed by atoms with Gasteiger partial charge in [0, 0.05) is 11.8 Å². The minimum Gasteiger partial charge on any atom is -0.159 e. The van der Waals surface area contributed by atoms with Gasteiger partial charge in [0.05, 0.1) is 5.69 Å². The molecule has 2 nitrogen and oxygen atoms in total. The molecule has 0 atom stereocenters. The Balaban J connectivity index is 2.52. The number of fused-ring (bicyclic) bond motifs is 3. The van der Waals surface area contributed by atoms with Crippen LogP contribution in [0.1, 0.15) is 0 Å². The number of rotatable bonds is 0. The lowest BCUT2D eigenvalue weighted by molar-refractivity contribution is 1.06. The zero-order chi connectivity index (χ0) is 9.38. The minimum atomic E-state index is 0.955. The standard InChI is InChI=1S/C12H8N2/c1-2-5-10-9(4-1)8-12-11(10)6-3-7-13-14-12/h1-8H. The summed E-state index contributed by atoms with van der Waals surface area (Å²) in [7, 11) is 0. The van der Waals surface area contributed by atoms with E-state index in [1.165, 1.54) is 10.8 Å². The first-order chi connectivity index (χ1) is 6.95. The molecule has 0 radical (unpaired) electrons. The van der Waals surface area contributed by atoms with Crippen molar-refractivity contribution in [3.8, 4) is 11.3 Å². The maximum atomic E-state index is 4.13. The second-order valence-corrected chi connectivity index (χ2v) is 3.25. The quantitative estimate of drug-likeness (QED) is 0.531. The molecule has 1 aliphatic heterocycles. The van der Waals surface area contributed by atoms with Crippen LogP contribution in [0.3, 0.4) is 0 Å². The molecule has 3 rings (SSSR count). The van der Waals surface area contributed by atoms with E-state index in [1.807, 2.05) is 18.2 Å². The van der Waals surface area contributed by atoms with Gasteiger partial charge in [0.15, 0.2) is 0 Å². The highest BCUT2D eigenvalue weighted by molar-refractivity contribution is 6.00. The Morgan fingerprint density at radius 1 is 0.929 bits per heavy atom. The molecule has 14 heavy (non-hydrogen) atoms. The fourth-order valence-electron chi connectivity index (χ4n) is 1.76. The van der Waals surface area contributed by atoms with Gasteiger partial charge in [0.2, 0.25) is 0 Å². The molecular formula is C12H8N2. The third-order valence-corrected chi connectivity index (χ3v) is 2.40. The Kier molecular flexibility index (Phi) is 1.47. The van der Waals surface area contributed by atoms with Crippen molar-refractivity contribution in [1.29, 1.82) is 0 Å². The second-order valence-electron chi connectivity index (χ2n) is 3.25. The zero-order valence-corrected chi connectivity index (χ0v) is 7.51. The van der Waals surface area contributed by atoms with E-state index in [4.69, 9.17) is 0 Å². The molecule has 0 spiro atoms. The number of aromatic nitrogens is 2. The Bertz CT molecular complexity index is 560. The van der Waals surface area contributed by atoms with Crippen LogP contribution in [0, 0.1) is 0 Å². The van der Waals surface area contributed by atoms with Gasteiger partial charge in [0.1, 0.15) is 0 Å². The average Bonchev–Trinajstić information content (AvgIpc) is 2.42. The van der Waals surface area contributed by atoms with Gasteiger partial charge in [0.25, 0.3) is 0 Å². The molecule has 0 saturated heterocycles. The molecule has 0 amide bonds. The van der Waals surface area contributed by atoms with Crippen LogP contribution >= 0.6 is 0 Å². The van der Waals surface area contributed by atoms with E-state index in [2.05, 4.69) is 34.5 Å². The molecule has 0 saturated carbocycles. The summed E-state index contributed by atoms with van der Waals surface area (Å²) >= 11 is 0. The molecule has 0 unspecified atom stereocenters. The van der Waals surface area contributed by atoms with E-state index in [9.17, 15) is 0 Å². The molecule has 0 bridgehead atoms. The van der Waals surface area contributed by atoms with Gasteiger partial charge in [-0.2, -0.15) is 10.2 Å². The van der Waals surface area contributed by atoms with Crippen LogP contribution in [0.5, 0.6) is 0 Å². The summed E-state index contributed by atoms with van der Waals surface area (Å²) in [6.45, 7) is 0. The summed E-state index contributed by atoms with van der Waals surface area (Å²) in [5.74, 6) is 0. The molecule has 1 aromatic carbocycles. The van der Waals surface area contributed by atoms with Gasteiger partial charge in [-0.25, -0.2) is 0 Å². The summed E-state index contributed by atoms with van der Waals surface area (Å²) in [6.07, 6.45) is 1.70. The first kappa shape index (κ1) is 7.44. The third kappa shape index (κ3) is 0.973. The Morgan fingerprint density at radius 2 is 1.86 bits per heavy atom. The monoisotopic (exact) mass is 180 g/mol. The summed E-state index contributed by atoms with van der Waals surface area (Å²) in [5, 5.41) is 10.5. The van der Waals surface area contributed by atoms with E-state index in [0.717, 1.165) is 11.3 Å². The van der Waals surface area contributed by atoms with Crippen molar-refractivity contribution < 1.29 is 0 Å². The van der Waals surface area contributed by atoms with Gasteiger partial charge >= 0.3 is 0 Å². The van der Waals surface area contributed by atoms with Crippen LogP contribution in [-0.2, 0) is 0 Å². The van der Waals surface area contributed by atoms with Gasteiger partial charge in [-0.3, -0.25) is 0 Å². The summed E-state index contributed by atoms with van der Waals surface area (Å²) in [6, 6.07) is 14.3. The summed E-state index contributed by atoms with van der Waals surface area (Å²) in [4.78, 5) is 0. The first-order valence-corrected chi connectivity index (χ1v) is 4.54. The van der Waals surface area contributed by atoms with E-state index in [0.29, 0.717) is 0 Å². The fraction of sp³-hybridized carbons (Fsp3) is 0. The molecule has 0 aromatic heterocycles. The molecule has 66 valence electrons. The summed E-state index contributed by atoms with van der Waals surface area (Å²) < 4.78 is 0. The maximum absolute atomic E-state index is 4.13. The van der Waals surface area contributed by atoms with Crippen LogP contribution in [0.4, 0.5) is 0 Å². The second kappa shape index (κ2) is 2.77. The molecule has 0 fully saturated rings. The lowest BCUT2D eigenvalue weighted by Crippen LogP contribution is -1.74. The van der Waals surface area contributed by atoms with Crippen molar-refractivity contribution in [2.24, 2.45) is 0 Å². The number of hydrogen-bond donors (Lipinski definition) is 0. The maximum Gasteiger partial charge on any atom is 0.0941 e. The normalized spacial score (nSPS) is 10.9. The van der Waals surface area contributed by atoms with Crippen LogP contribution in [-0.4, -0.2) is 10.2 Å². The average molecular weight is 180 g/mol. The van der Waals surface area contributed by atoms with Crippen molar-refractivity contribution in [2.75, 3.05) is 0 Å². The Labute approximate surface area is 81.6 Å². The summed E-state index contributed by atoms with van der Waals surface area (Å²) in [5.41, 5.74) is 2.12. The minimum absolute atomic E-state index is 0.955. The lowest BCUT2D eigenvalue weighted by Gasteiger charge is -1.90. The topological polar surface area (TPSA) is 25.8 Å². The van der Waals surface area contributed by atoms with Crippen LogP contribution in [0.15, 0.2) is 48.7 Å². The molecule has 1 aliphatic carbocycles. The molecule has 1 aromatic rings. The van der Waals surface area contributed by atoms with Gasteiger partial charge in [-0.1, -0.05) is 30.3 Å².